The van der Waals surface area contributed by atoms with Crippen LogP contribution in [-0.4, -0.2) is 44.9 Å². The van der Waals surface area contributed by atoms with Crippen LogP contribution >= 0.6 is 7.26 Å². The van der Waals surface area contributed by atoms with Crippen LogP contribution in [0.25, 0.3) is 0 Å². The Hall–Kier alpha value is -0.180. The Morgan fingerprint density at radius 1 is 1.33 bits per heavy atom. The number of unbranched alkanes of at least 4 members (excludes halogenated alkanes) is 1. The zero-order chi connectivity index (χ0) is 11.9. The molecule has 0 saturated heterocycles. The molecular formula is C10H25N2O2P. The average molecular weight is 236 g/mol. The van der Waals surface area contributed by atoms with E-state index < -0.39 is 13.3 Å². The van der Waals surface area contributed by atoms with Gasteiger partial charge in [0, 0.05) is 0 Å². The molecule has 92 valence electrons. The molecule has 0 fully saturated rings. The van der Waals surface area contributed by atoms with Gasteiger partial charge in [-0.3, -0.25) is 0 Å². The molecular weight excluding hydrogens is 211 g/mol. The molecule has 0 aliphatic rings. The molecule has 0 aliphatic carbocycles. The first-order chi connectivity index (χ1) is 6.87. The SMILES string of the molecule is C[PH](C)(C)COC(=O)[C@@H](N)CCCCN. The number of nitrogens with two attached hydrogens (primary N) is 2. The van der Waals surface area contributed by atoms with Crippen LogP contribution in [0.4, 0.5) is 0 Å². The van der Waals surface area contributed by atoms with Crippen LogP contribution in [0.3, 0.4) is 0 Å². The van der Waals surface area contributed by atoms with Gasteiger partial charge in [0.05, 0.1) is 0 Å². The van der Waals surface area contributed by atoms with Gasteiger partial charge in [-0.15, -0.1) is 0 Å². The molecule has 1 atom stereocenters. The summed E-state index contributed by atoms with van der Waals surface area (Å²) < 4.78 is 5.17. The summed E-state index contributed by atoms with van der Waals surface area (Å²) in [5.74, 6) is -0.269. The first-order valence-corrected chi connectivity index (χ1v) is 9.20. The molecule has 4 nitrogen and oxygen atoms in total. The summed E-state index contributed by atoms with van der Waals surface area (Å²) in [5.41, 5.74) is 11.0. The molecule has 0 unspecified atom stereocenters. The van der Waals surface area contributed by atoms with E-state index in [2.05, 4.69) is 20.0 Å². The van der Waals surface area contributed by atoms with Gasteiger partial charge in [0.25, 0.3) is 0 Å². The van der Waals surface area contributed by atoms with Crippen molar-refractivity contribution in [1.29, 1.82) is 0 Å². The molecule has 0 bridgehead atoms. The van der Waals surface area contributed by atoms with Gasteiger partial charge >= 0.3 is 92.4 Å². The van der Waals surface area contributed by atoms with E-state index in [0.717, 1.165) is 12.8 Å². The van der Waals surface area contributed by atoms with E-state index in [4.69, 9.17) is 16.2 Å². The molecule has 0 heterocycles. The van der Waals surface area contributed by atoms with Crippen molar-refractivity contribution in [3.63, 3.8) is 0 Å². The van der Waals surface area contributed by atoms with Crippen LogP contribution in [0.1, 0.15) is 19.3 Å². The Morgan fingerprint density at radius 2 is 1.93 bits per heavy atom. The molecule has 0 radical (unpaired) electrons. The molecule has 0 amide bonds. The van der Waals surface area contributed by atoms with Gasteiger partial charge in [0.15, 0.2) is 0 Å². The fourth-order valence-corrected chi connectivity index (χ4v) is 1.60. The van der Waals surface area contributed by atoms with Crippen molar-refractivity contribution in [1.82, 2.24) is 0 Å². The summed E-state index contributed by atoms with van der Waals surface area (Å²) in [5, 5.41) is 0. The van der Waals surface area contributed by atoms with Crippen LogP contribution < -0.4 is 11.5 Å². The number of carbonyl (C=O) groups excluding carboxylic acids is 1. The van der Waals surface area contributed by atoms with Crippen LogP contribution in [0, 0.1) is 0 Å². The third kappa shape index (κ3) is 8.79. The molecule has 15 heavy (non-hydrogen) atoms. The van der Waals surface area contributed by atoms with E-state index in [1.165, 1.54) is 0 Å². The van der Waals surface area contributed by atoms with Crippen LogP contribution in [0.2, 0.25) is 0 Å². The molecule has 0 saturated carbocycles. The van der Waals surface area contributed by atoms with Gasteiger partial charge in [-0.2, -0.15) is 0 Å². The van der Waals surface area contributed by atoms with Gasteiger partial charge in [-0.25, -0.2) is 0 Å². The molecule has 5 heteroatoms. The number of hydrogen-bond donors (Lipinski definition) is 2. The first-order valence-electron chi connectivity index (χ1n) is 5.49. The first kappa shape index (κ1) is 14.8. The molecule has 0 aromatic heterocycles. The van der Waals surface area contributed by atoms with Crippen molar-refractivity contribution in [2.75, 3.05) is 32.9 Å². The predicted octanol–water partition coefficient (Wildman–Crippen LogP) is 0.583. The van der Waals surface area contributed by atoms with Crippen LogP contribution in [0.15, 0.2) is 0 Å². The Bertz CT molecular complexity index is 192. The van der Waals surface area contributed by atoms with E-state index >= 15 is 0 Å². The van der Waals surface area contributed by atoms with Crippen molar-refractivity contribution in [3.8, 4) is 0 Å². The normalized spacial score (nSPS) is 14.7. The van der Waals surface area contributed by atoms with Gasteiger partial charge in [0.1, 0.15) is 0 Å². The summed E-state index contributed by atoms with van der Waals surface area (Å²) in [6, 6.07) is -0.479. The Labute approximate surface area is 93.1 Å². The molecule has 0 aromatic carbocycles. The van der Waals surface area contributed by atoms with E-state index in [-0.39, 0.29) is 5.97 Å². The zero-order valence-corrected chi connectivity index (χ0v) is 11.1. The topological polar surface area (TPSA) is 78.3 Å². The fourth-order valence-electron chi connectivity index (χ4n) is 1.02. The van der Waals surface area contributed by atoms with E-state index in [1.807, 2.05) is 0 Å². The van der Waals surface area contributed by atoms with Crippen molar-refractivity contribution in [2.24, 2.45) is 11.5 Å². The average Bonchev–Trinajstić information content (AvgIpc) is 2.13. The minimum atomic E-state index is -1.32. The van der Waals surface area contributed by atoms with E-state index in [9.17, 15) is 4.79 Å². The van der Waals surface area contributed by atoms with E-state index in [0.29, 0.717) is 19.3 Å². The third-order valence-corrected chi connectivity index (χ3v) is 2.93. The van der Waals surface area contributed by atoms with Crippen molar-refractivity contribution in [3.05, 3.63) is 0 Å². The Balaban J connectivity index is 3.70. The second-order valence-electron chi connectivity index (χ2n) is 5.06. The van der Waals surface area contributed by atoms with Gasteiger partial charge in [-0.05, 0) is 0 Å². The number of esters is 1. The summed E-state index contributed by atoms with van der Waals surface area (Å²) in [4.78, 5) is 11.4. The molecule has 0 aromatic rings. The maximum absolute atomic E-state index is 11.4. The third-order valence-electron chi connectivity index (χ3n) is 1.92. The zero-order valence-electron chi connectivity index (χ0n) is 10.1. The minimum absolute atomic E-state index is 0.269. The second kappa shape index (κ2) is 7.15. The van der Waals surface area contributed by atoms with Crippen molar-refractivity contribution in [2.45, 2.75) is 25.3 Å². The van der Waals surface area contributed by atoms with Crippen LogP contribution in [-0.2, 0) is 9.53 Å². The molecule has 0 rings (SSSR count). The summed E-state index contributed by atoms with van der Waals surface area (Å²) in [7, 11) is -1.32. The summed E-state index contributed by atoms with van der Waals surface area (Å²) >= 11 is 0. The Morgan fingerprint density at radius 3 is 2.40 bits per heavy atom. The quantitative estimate of drug-likeness (QED) is 0.385. The monoisotopic (exact) mass is 236 g/mol. The van der Waals surface area contributed by atoms with Gasteiger partial charge in [0.2, 0.25) is 0 Å². The van der Waals surface area contributed by atoms with E-state index in [1.54, 1.807) is 0 Å². The maximum atomic E-state index is 11.4. The predicted molar refractivity (Wildman–Crippen MR) is 67.9 cm³/mol. The second-order valence-corrected chi connectivity index (χ2v) is 10.5. The van der Waals surface area contributed by atoms with Crippen molar-refractivity contribution >= 4 is 13.2 Å². The standard InChI is InChI=1S/C10H25N2O2P/c1-15(2,3)8-14-10(13)9(12)6-4-5-7-11/h9,15H,4-8,11-12H2,1-3H3/t9-/m0/s1. The molecule has 0 spiro atoms. The van der Waals surface area contributed by atoms with Crippen LogP contribution in [0.5, 0.6) is 0 Å². The molecule has 4 N–H and O–H groups in total. The number of hydrogen-bond acceptors (Lipinski definition) is 4. The van der Waals surface area contributed by atoms with Crippen molar-refractivity contribution < 1.29 is 9.53 Å². The number of ether oxygens (including phenoxy) is 1. The molecule has 0 aliphatic heterocycles. The summed E-state index contributed by atoms with van der Waals surface area (Å²) in [6.45, 7) is 7.11. The number of rotatable bonds is 7. The van der Waals surface area contributed by atoms with Gasteiger partial charge in [-0.1, -0.05) is 0 Å². The summed E-state index contributed by atoms with van der Waals surface area (Å²) in [6.07, 6.45) is 3.02. The fraction of sp³-hybridized carbons (Fsp3) is 0.900. The Kier molecular flexibility index (Phi) is 7.07. The van der Waals surface area contributed by atoms with Gasteiger partial charge < -0.3 is 0 Å². The number of carbonyl (C=O) groups is 1.